The molecule has 0 amide bonds. The summed E-state index contributed by atoms with van der Waals surface area (Å²) in [5.41, 5.74) is 0. The molecule has 1 saturated heterocycles. The van der Waals surface area contributed by atoms with Crippen molar-refractivity contribution < 1.29 is 14.3 Å². The van der Waals surface area contributed by atoms with E-state index < -0.39 is 0 Å². The predicted molar refractivity (Wildman–Crippen MR) is 57.6 cm³/mol. The van der Waals surface area contributed by atoms with Gasteiger partial charge in [0, 0.05) is 19.7 Å². The highest BCUT2D eigenvalue weighted by atomic mass is 16.5. The van der Waals surface area contributed by atoms with Crippen molar-refractivity contribution in [2.75, 3.05) is 26.8 Å². The quantitative estimate of drug-likeness (QED) is 0.670. The summed E-state index contributed by atoms with van der Waals surface area (Å²) < 4.78 is 10.2. The van der Waals surface area contributed by atoms with E-state index >= 15 is 0 Å². The molecule has 1 aliphatic rings. The number of carbonyl (C=O) groups is 1. The molecule has 1 N–H and O–H groups in total. The second kappa shape index (κ2) is 6.80. The van der Waals surface area contributed by atoms with E-state index in [1.807, 2.05) is 6.92 Å². The minimum atomic E-state index is -0.127. The molecule has 0 saturated carbocycles. The van der Waals surface area contributed by atoms with E-state index in [1.165, 1.54) is 7.11 Å². The second-order valence-electron chi connectivity index (χ2n) is 3.92. The highest BCUT2D eigenvalue weighted by Gasteiger charge is 2.18. The number of methoxy groups -OCH3 is 1. The minimum absolute atomic E-state index is 0.0311. The normalized spacial score (nSPS) is 22.7. The van der Waals surface area contributed by atoms with E-state index in [-0.39, 0.29) is 11.9 Å². The van der Waals surface area contributed by atoms with Crippen molar-refractivity contribution in [2.24, 2.45) is 5.92 Å². The highest BCUT2D eigenvalue weighted by molar-refractivity contribution is 5.72. The van der Waals surface area contributed by atoms with Crippen molar-refractivity contribution in [2.45, 2.75) is 32.3 Å². The Hall–Kier alpha value is -0.610. The summed E-state index contributed by atoms with van der Waals surface area (Å²) in [7, 11) is 1.44. The van der Waals surface area contributed by atoms with E-state index in [2.05, 4.69) is 5.32 Å². The van der Waals surface area contributed by atoms with Gasteiger partial charge in [0.2, 0.25) is 0 Å². The van der Waals surface area contributed by atoms with E-state index in [1.54, 1.807) is 0 Å². The van der Waals surface area contributed by atoms with Gasteiger partial charge in [-0.2, -0.15) is 0 Å². The first-order valence-electron chi connectivity index (χ1n) is 5.68. The third-order valence-electron chi connectivity index (χ3n) is 2.81. The van der Waals surface area contributed by atoms with E-state index in [4.69, 9.17) is 9.47 Å². The van der Waals surface area contributed by atoms with Crippen molar-refractivity contribution in [1.29, 1.82) is 0 Å². The first-order chi connectivity index (χ1) is 7.27. The van der Waals surface area contributed by atoms with Crippen LogP contribution >= 0.6 is 0 Å². The molecule has 1 fully saturated rings. The van der Waals surface area contributed by atoms with Crippen LogP contribution < -0.4 is 5.32 Å². The Kier molecular flexibility index (Phi) is 5.65. The summed E-state index contributed by atoms with van der Waals surface area (Å²) in [5, 5.41) is 3.27. The number of rotatable bonds is 6. The molecule has 2 unspecified atom stereocenters. The molecule has 88 valence electrons. The molecule has 4 heteroatoms. The monoisotopic (exact) mass is 215 g/mol. The zero-order chi connectivity index (χ0) is 11.1. The Balaban J connectivity index is 2.13. The molecule has 0 bridgehead atoms. The van der Waals surface area contributed by atoms with Crippen LogP contribution in [0.15, 0.2) is 0 Å². The molecule has 0 aromatic rings. The molecular weight excluding hydrogens is 194 g/mol. The fourth-order valence-corrected chi connectivity index (χ4v) is 1.78. The topological polar surface area (TPSA) is 47.6 Å². The third-order valence-corrected chi connectivity index (χ3v) is 2.81. The van der Waals surface area contributed by atoms with Crippen LogP contribution in [-0.2, 0) is 14.3 Å². The maximum Gasteiger partial charge on any atom is 0.309 e. The smallest absolute Gasteiger partial charge is 0.309 e. The van der Waals surface area contributed by atoms with Crippen molar-refractivity contribution in [3.63, 3.8) is 0 Å². The SMILES string of the molecule is CCC(CNCC1CCCO1)C(=O)OC. The summed E-state index contributed by atoms with van der Waals surface area (Å²) in [4.78, 5) is 11.3. The van der Waals surface area contributed by atoms with Gasteiger partial charge in [0.05, 0.1) is 19.1 Å². The van der Waals surface area contributed by atoms with Gasteiger partial charge < -0.3 is 14.8 Å². The molecular formula is C11H21NO3. The number of hydrogen-bond donors (Lipinski definition) is 1. The number of ether oxygens (including phenoxy) is 2. The zero-order valence-corrected chi connectivity index (χ0v) is 9.62. The molecule has 1 aliphatic heterocycles. The van der Waals surface area contributed by atoms with Gasteiger partial charge in [-0.25, -0.2) is 0 Å². The lowest BCUT2D eigenvalue weighted by atomic mass is 10.1. The fraction of sp³-hybridized carbons (Fsp3) is 0.909. The molecule has 0 spiro atoms. The summed E-state index contributed by atoms with van der Waals surface area (Å²) in [5.74, 6) is -0.159. The lowest BCUT2D eigenvalue weighted by molar-refractivity contribution is -0.145. The Bertz CT molecular complexity index is 190. The number of nitrogens with one attached hydrogen (secondary N) is 1. The Morgan fingerprint density at radius 3 is 3.00 bits per heavy atom. The van der Waals surface area contributed by atoms with Crippen molar-refractivity contribution in [3.8, 4) is 0 Å². The largest absolute Gasteiger partial charge is 0.469 e. The molecule has 0 aliphatic carbocycles. The third kappa shape index (κ3) is 4.18. The standard InChI is InChI=1S/C11H21NO3/c1-3-9(11(13)14-2)7-12-8-10-5-4-6-15-10/h9-10,12H,3-8H2,1-2H3. The van der Waals surface area contributed by atoms with Crippen LogP contribution in [0.4, 0.5) is 0 Å². The lowest BCUT2D eigenvalue weighted by Gasteiger charge is -2.15. The summed E-state index contributed by atoms with van der Waals surface area (Å²) in [6.45, 7) is 4.40. The zero-order valence-electron chi connectivity index (χ0n) is 9.62. The average Bonchev–Trinajstić information content (AvgIpc) is 2.76. The van der Waals surface area contributed by atoms with Crippen LogP contribution in [-0.4, -0.2) is 38.9 Å². The average molecular weight is 215 g/mol. The second-order valence-corrected chi connectivity index (χ2v) is 3.92. The molecule has 15 heavy (non-hydrogen) atoms. The van der Waals surface area contributed by atoms with Crippen LogP contribution in [0.2, 0.25) is 0 Å². The Labute approximate surface area is 91.3 Å². The van der Waals surface area contributed by atoms with Crippen LogP contribution in [0.3, 0.4) is 0 Å². The number of hydrogen-bond acceptors (Lipinski definition) is 4. The first-order valence-corrected chi connectivity index (χ1v) is 5.68. The van der Waals surface area contributed by atoms with Crippen LogP contribution in [0.5, 0.6) is 0 Å². The number of esters is 1. The van der Waals surface area contributed by atoms with Crippen LogP contribution in [0, 0.1) is 5.92 Å². The minimum Gasteiger partial charge on any atom is -0.469 e. The lowest BCUT2D eigenvalue weighted by Crippen LogP contribution is -2.33. The molecule has 1 heterocycles. The Morgan fingerprint density at radius 1 is 1.67 bits per heavy atom. The van der Waals surface area contributed by atoms with E-state index in [0.29, 0.717) is 12.6 Å². The predicted octanol–water partition coefficient (Wildman–Crippen LogP) is 0.954. The van der Waals surface area contributed by atoms with Gasteiger partial charge in [-0.15, -0.1) is 0 Å². The molecule has 1 rings (SSSR count). The molecule has 2 atom stereocenters. The van der Waals surface area contributed by atoms with Crippen LogP contribution in [0.25, 0.3) is 0 Å². The van der Waals surface area contributed by atoms with Gasteiger partial charge in [-0.3, -0.25) is 4.79 Å². The molecule has 0 aromatic carbocycles. The maximum absolute atomic E-state index is 11.3. The van der Waals surface area contributed by atoms with Gasteiger partial charge in [0.1, 0.15) is 0 Å². The van der Waals surface area contributed by atoms with E-state index in [9.17, 15) is 4.79 Å². The number of carbonyl (C=O) groups excluding carboxylic acids is 1. The highest BCUT2D eigenvalue weighted by Crippen LogP contribution is 2.11. The molecule has 0 aromatic heterocycles. The van der Waals surface area contributed by atoms with E-state index in [0.717, 1.165) is 32.4 Å². The summed E-state index contributed by atoms with van der Waals surface area (Å²) in [6, 6.07) is 0. The van der Waals surface area contributed by atoms with Crippen LogP contribution in [0.1, 0.15) is 26.2 Å². The van der Waals surface area contributed by atoms with Gasteiger partial charge in [0.15, 0.2) is 0 Å². The summed E-state index contributed by atoms with van der Waals surface area (Å²) >= 11 is 0. The fourth-order valence-electron chi connectivity index (χ4n) is 1.78. The molecule has 0 radical (unpaired) electrons. The first kappa shape index (κ1) is 12.5. The Morgan fingerprint density at radius 2 is 2.47 bits per heavy atom. The maximum atomic E-state index is 11.3. The van der Waals surface area contributed by atoms with Gasteiger partial charge >= 0.3 is 5.97 Å². The summed E-state index contributed by atoms with van der Waals surface area (Å²) in [6.07, 6.45) is 3.42. The van der Waals surface area contributed by atoms with Crippen molar-refractivity contribution in [3.05, 3.63) is 0 Å². The molecule has 4 nitrogen and oxygen atoms in total. The van der Waals surface area contributed by atoms with Gasteiger partial charge in [-0.05, 0) is 19.3 Å². The van der Waals surface area contributed by atoms with Crippen molar-refractivity contribution >= 4 is 5.97 Å². The van der Waals surface area contributed by atoms with Crippen molar-refractivity contribution in [1.82, 2.24) is 5.32 Å². The van der Waals surface area contributed by atoms with Gasteiger partial charge in [0.25, 0.3) is 0 Å². The van der Waals surface area contributed by atoms with Gasteiger partial charge in [-0.1, -0.05) is 6.92 Å².